The number of hydrogen-bond donors (Lipinski definition) is 0. The number of esters is 1. The largest absolute Gasteiger partial charge is 0.490 e. The monoisotopic (exact) mass is 610 g/mol. The normalized spacial score (nSPS) is 14.4. The van der Waals surface area contributed by atoms with Crippen molar-refractivity contribution < 1.29 is 28.2 Å². The van der Waals surface area contributed by atoms with Gasteiger partial charge in [0.05, 0.1) is 36.4 Å². The molecule has 0 saturated carbocycles. The number of carbonyl (C=O) groups is 2. The molecule has 0 N–H and O–H groups in total. The van der Waals surface area contributed by atoms with Crippen LogP contribution in [0, 0.1) is 6.92 Å². The number of hydrogen-bond acceptors (Lipinski definition) is 9. The topological polar surface area (TPSA) is 108 Å². The van der Waals surface area contributed by atoms with Gasteiger partial charge in [0.15, 0.2) is 22.1 Å². The van der Waals surface area contributed by atoms with E-state index in [9.17, 15) is 14.4 Å². The third kappa shape index (κ3) is 4.61. The minimum absolute atomic E-state index is 0.0859. The van der Waals surface area contributed by atoms with Crippen LogP contribution < -0.4 is 19.8 Å². The number of aryl methyl sites for hydroxylation is 1. The Morgan fingerprint density at radius 3 is 2.72 bits per heavy atom. The summed E-state index contributed by atoms with van der Waals surface area (Å²) in [5.74, 6) is -0.270. The average molecular weight is 611 g/mol. The van der Waals surface area contributed by atoms with Crippen LogP contribution in [0.25, 0.3) is 11.0 Å². The fourth-order valence-electron chi connectivity index (χ4n) is 4.46. The molecule has 3 heterocycles. The molecule has 39 heavy (non-hydrogen) atoms. The van der Waals surface area contributed by atoms with E-state index in [4.69, 9.17) is 18.6 Å². The van der Waals surface area contributed by atoms with E-state index >= 15 is 0 Å². The van der Waals surface area contributed by atoms with Crippen molar-refractivity contribution in [2.45, 2.75) is 19.9 Å². The second-order valence-electron chi connectivity index (χ2n) is 8.53. The zero-order chi connectivity index (χ0) is 27.8. The molecule has 0 fully saturated rings. The Morgan fingerprint density at radius 2 is 2.00 bits per heavy atom. The predicted octanol–water partition coefficient (Wildman–Crippen LogP) is 5.82. The smallest absolute Gasteiger partial charge is 0.350 e. The summed E-state index contributed by atoms with van der Waals surface area (Å²) in [6.45, 7) is 7.82. The van der Waals surface area contributed by atoms with E-state index in [1.54, 1.807) is 49.4 Å². The van der Waals surface area contributed by atoms with Gasteiger partial charge in [0.25, 0.3) is 5.91 Å². The van der Waals surface area contributed by atoms with E-state index in [0.29, 0.717) is 39.2 Å². The molecule has 0 aliphatic carbocycles. The molecule has 0 spiro atoms. The van der Waals surface area contributed by atoms with E-state index < -0.39 is 17.9 Å². The molecule has 1 aliphatic rings. The Bertz CT molecular complexity index is 1690. The maximum atomic E-state index is 13.9. The van der Waals surface area contributed by atoms with Crippen LogP contribution in [0.2, 0.25) is 0 Å². The lowest BCUT2D eigenvalue weighted by Crippen LogP contribution is -2.29. The summed E-state index contributed by atoms with van der Waals surface area (Å²) in [6, 6.07) is 9.32. The first-order valence-electron chi connectivity index (χ1n) is 11.9. The number of thiazole rings is 1. The summed E-state index contributed by atoms with van der Waals surface area (Å²) in [5, 5.41) is 0.549. The summed E-state index contributed by atoms with van der Waals surface area (Å²) in [7, 11) is 1.28. The molecule has 4 aromatic rings. The molecule has 1 atom stereocenters. The molecule has 2 aromatic carbocycles. The highest BCUT2D eigenvalue weighted by molar-refractivity contribution is 9.10. The SMILES string of the molecule is C=CCOc1ccc(C2c3c(oc4ccc(Br)cc4c3=O)C(=O)N2c2nc(C)c(C(=O)OC)s2)cc1OCC. The van der Waals surface area contributed by atoms with E-state index in [1.165, 1.54) is 12.0 Å². The summed E-state index contributed by atoms with van der Waals surface area (Å²) in [4.78, 5) is 46.3. The molecule has 9 nitrogen and oxygen atoms in total. The Hall–Kier alpha value is -3.96. The number of halogens is 1. The van der Waals surface area contributed by atoms with Crippen molar-refractivity contribution in [2.75, 3.05) is 25.2 Å². The van der Waals surface area contributed by atoms with Crippen LogP contribution >= 0.6 is 27.3 Å². The van der Waals surface area contributed by atoms with E-state index in [2.05, 4.69) is 27.5 Å². The number of benzene rings is 2. The first kappa shape index (κ1) is 26.6. The Kier molecular flexibility index (Phi) is 7.28. The van der Waals surface area contributed by atoms with Gasteiger partial charge in [-0.3, -0.25) is 14.5 Å². The quantitative estimate of drug-likeness (QED) is 0.181. The average Bonchev–Trinajstić information content (AvgIpc) is 3.45. The maximum Gasteiger partial charge on any atom is 0.350 e. The fraction of sp³-hybridized carbons (Fsp3) is 0.214. The molecule has 5 rings (SSSR count). The molecule has 0 radical (unpaired) electrons. The van der Waals surface area contributed by atoms with E-state index in [-0.39, 0.29) is 39.0 Å². The molecule has 11 heteroatoms. The number of carbonyl (C=O) groups excluding carboxylic acids is 2. The van der Waals surface area contributed by atoms with Crippen LogP contribution in [0.1, 0.15) is 50.0 Å². The van der Waals surface area contributed by atoms with Gasteiger partial charge in [0.2, 0.25) is 5.76 Å². The highest BCUT2D eigenvalue weighted by atomic mass is 79.9. The molecule has 200 valence electrons. The van der Waals surface area contributed by atoms with Crippen molar-refractivity contribution in [1.29, 1.82) is 0 Å². The second kappa shape index (κ2) is 10.7. The molecule has 2 aromatic heterocycles. The van der Waals surface area contributed by atoms with Crippen LogP contribution in [-0.4, -0.2) is 37.2 Å². The number of aromatic nitrogens is 1. The summed E-state index contributed by atoms with van der Waals surface area (Å²) in [6.07, 6.45) is 1.62. The molecule has 1 aliphatic heterocycles. The van der Waals surface area contributed by atoms with Crippen LogP contribution in [0.5, 0.6) is 11.5 Å². The first-order valence-corrected chi connectivity index (χ1v) is 13.6. The highest BCUT2D eigenvalue weighted by Crippen LogP contribution is 2.45. The molecule has 0 saturated heterocycles. The molecular formula is C28H23BrN2O7S. The van der Waals surface area contributed by atoms with Gasteiger partial charge >= 0.3 is 5.97 Å². The number of anilines is 1. The van der Waals surface area contributed by atoms with Crippen molar-refractivity contribution in [3.63, 3.8) is 0 Å². The van der Waals surface area contributed by atoms with Crippen molar-refractivity contribution in [3.05, 3.63) is 91.2 Å². The lowest BCUT2D eigenvalue weighted by Gasteiger charge is -2.23. The molecule has 1 unspecified atom stereocenters. The second-order valence-corrected chi connectivity index (χ2v) is 10.4. The Labute approximate surface area is 235 Å². The van der Waals surface area contributed by atoms with Crippen LogP contribution in [0.15, 0.2) is 62.7 Å². The minimum Gasteiger partial charge on any atom is -0.490 e. The van der Waals surface area contributed by atoms with Crippen molar-refractivity contribution in [2.24, 2.45) is 0 Å². The van der Waals surface area contributed by atoms with Crippen LogP contribution in [0.4, 0.5) is 5.13 Å². The predicted molar refractivity (Wildman–Crippen MR) is 150 cm³/mol. The van der Waals surface area contributed by atoms with E-state index in [1.807, 2.05) is 6.92 Å². The zero-order valence-electron chi connectivity index (χ0n) is 21.3. The van der Waals surface area contributed by atoms with Gasteiger partial charge in [-0.05, 0) is 49.7 Å². The van der Waals surface area contributed by atoms with Gasteiger partial charge in [-0.25, -0.2) is 9.78 Å². The van der Waals surface area contributed by atoms with Crippen molar-refractivity contribution >= 4 is 55.2 Å². The third-order valence-corrected chi connectivity index (χ3v) is 7.76. The zero-order valence-corrected chi connectivity index (χ0v) is 23.7. The van der Waals surface area contributed by atoms with Crippen molar-refractivity contribution in [1.82, 2.24) is 4.98 Å². The number of ether oxygens (including phenoxy) is 3. The van der Waals surface area contributed by atoms with Gasteiger partial charge in [0, 0.05) is 4.47 Å². The van der Waals surface area contributed by atoms with Crippen molar-refractivity contribution in [3.8, 4) is 11.5 Å². The standard InChI is InChI=1S/C28H23BrN2O7S/c1-5-11-37-19-9-7-15(12-20(19)36-6-2)22-21-23(32)17-13-16(29)8-10-18(17)38-24(21)26(33)31(22)28-30-14(3)25(39-28)27(34)35-4/h5,7-10,12-13,22H,1,6,11H2,2-4H3. The highest BCUT2D eigenvalue weighted by Gasteiger charge is 2.45. The first-order chi connectivity index (χ1) is 18.8. The van der Waals surface area contributed by atoms with Crippen LogP contribution in [-0.2, 0) is 4.74 Å². The number of rotatable bonds is 8. The van der Waals surface area contributed by atoms with Gasteiger partial charge in [-0.2, -0.15) is 0 Å². The van der Waals surface area contributed by atoms with Gasteiger partial charge in [0.1, 0.15) is 17.1 Å². The summed E-state index contributed by atoms with van der Waals surface area (Å²) < 4.78 is 23.2. The Balaban J connectivity index is 1.76. The van der Waals surface area contributed by atoms with Gasteiger partial charge < -0.3 is 18.6 Å². The van der Waals surface area contributed by atoms with Gasteiger partial charge in [-0.15, -0.1) is 0 Å². The van der Waals surface area contributed by atoms with Crippen LogP contribution in [0.3, 0.4) is 0 Å². The number of nitrogens with zero attached hydrogens (tertiary/aromatic N) is 2. The summed E-state index contributed by atoms with van der Waals surface area (Å²) >= 11 is 4.41. The van der Waals surface area contributed by atoms with Gasteiger partial charge in [-0.1, -0.05) is 46.0 Å². The number of amides is 1. The van der Waals surface area contributed by atoms with E-state index in [0.717, 1.165) is 11.3 Å². The molecule has 1 amide bonds. The Morgan fingerprint density at radius 1 is 1.21 bits per heavy atom. The summed E-state index contributed by atoms with van der Waals surface area (Å²) in [5.41, 5.74) is 1.08. The molecular weight excluding hydrogens is 588 g/mol. The third-order valence-electron chi connectivity index (χ3n) is 6.13. The number of fused-ring (bicyclic) bond motifs is 2. The fourth-order valence-corrected chi connectivity index (χ4v) is 5.83. The minimum atomic E-state index is -0.907. The lowest BCUT2D eigenvalue weighted by molar-refractivity contribution is 0.0605. The lowest BCUT2D eigenvalue weighted by atomic mass is 9.98. The molecule has 0 bridgehead atoms. The maximum absolute atomic E-state index is 13.9. The number of methoxy groups -OCH3 is 1.